The van der Waals surface area contributed by atoms with Crippen LogP contribution in [0, 0.1) is 10.1 Å². The van der Waals surface area contributed by atoms with E-state index in [-0.39, 0.29) is 53.9 Å². The van der Waals surface area contributed by atoms with Crippen LogP contribution in [0.2, 0.25) is 0 Å². The fraction of sp³-hybridized carbons (Fsp3) is 0.340. The van der Waals surface area contributed by atoms with Crippen LogP contribution in [0.1, 0.15) is 113 Å². The maximum atomic E-state index is 12.5. The van der Waals surface area contributed by atoms with Crippen LogP contribution in [0.5, 0.6) is 11.5 Å². The monoisotopic (exact) mass is 870 g/mol. The smallest absolute Gasteiger partial charge is 0.339 e. The highest BCUT2D eigenvalue weighted by molar-refractivity contribution is 6.04. The molecule has 0 bridgehead atoms. The highest BCUT2D eigenvalue weighted by Gasteiger charge is 2.22. The minimum atomic E-state index is -1.42. The van der Waals surface area contributed by atoms with Crippen molar-refractivity contribution >= 4 is 41.2 Å². The van der Waals surface area contributed by atoms with Gasteiger partial charge in [-0.2, -0.15) is 0 Å². The number of aromatic carboxylic acids is 2. The third kappa shape index (κ3) is 17.7. The van der Waals surface area contributed by atoms with Crippen molar-refractivity contribution in [1.82, 2.24) is 0 Å². The highest BCUT2D eigenvalue weighted by Crippen LogP contribution is 2.37. The number of carbonyl (C=O) groups is 5. The minimum absolute atomic E-state index is 0.0874. The van der Waals surface area contributed by atoms with Crippen LogP contribution in [0.3, 0.4) is 0 Å². The van der Waals surface area contributed by atoms with Crippen LogP contribution in [-0.4, -0.2) is 78.0 Å². The summed E-state index contributed by atoms with van der Waals surface area (Å²) >= 11 is 0. The van der Waals surface area contributed by atoms with Gasteiger partial charge in [0.25, 0.3) is 0 Å². The van der Waals surface area contributed by atoms with E-state index in [1.165, 1.54) is 36.8 Å². The summed E-state index contributed by atoms with van der Waals surface area (Å²) in [6, 6.07) is 21.6. The summed E-state index contributed by atoms with van der Waals surface area (Å²) in [7, 11) is 0. The van der Waals surface area contributed by atoms with Crippen LogP contribution in [0.25, 0.3) is 11.1 Å². The van der Waals surface area contributed by atoms with Gasteiger partial charge in [-0.1, -0.05) is 75.9 Å². The van der Waals surface area contributed by atoms with E-state index in [4.69, 9.17) is 34.5 Å². The first-order valence-electron chi connectivity index (χ1n) is 20.6. The molecule has 0 spiro atoms. The predicted octanol–water partition coefficient (Wildman–Crippen LogP) is 9.35. The minimum Gasteiger partial charge on any atom is -0.494 e. The zero-order chi connectivity index (χ0) is 46.0. The number of carbonyl (C=O) groups excluding carboxylic acids is 3. The Morgan fingerprint density at radius 1 is 0.651 bits per heavy atom. The van der Waals surface area contributed by atoms with E-state index in [2.05, 4.69) is 13.5 Å². The molecule has 0 atom stereocenters. The largest absolute Gasteiger partial charge is 0.494 e. The van der Waals surface area contributed by atoms with Crippen molar-refractivity contribution in [2.45, 2.75) is 71.1 Å². The van der Waals surface area contributed by atoms with Crippen molar-refractivity contribution in [3.8, 4) is 22.6 Å². The lowest BCUT2D eigenvalue weighted by molar-refractivity contribution is -0.385. The fourth-order valence-electron chi connectivity index (χ4n) is 5.84. The lowest BCUT2D eigenvalue weighted by Crippen LogP contribution is -2.15. The molecule has 16 nitrogen and oxygen atoms in total. The van der Waals surface area contributed by atoms with Crippen LogP contribution < -0.4 is 15.2 Å². The van der Waals surface area contributed by atoms with Crippen molar-refractivity contribution in [2.75, 3.05) is 38.8 Å². The highest BCUT2D eigenvalue weighted by atomic mass is 16.6. The van der Waals surface area contributed by atoms with Gasteiger partial charge < -0.3 is 39.6 Å². The molecule has 0 saturated heterocycles. The molecule has 0 aromatic heterocycles. The number of nitrogen functional groups attached to an aromatic ring is 1. The number of unbranched alkanes of at least 4 members (excludes halogenated alkanes) is 7. The van der Waals surface area contributed by atoms with E-state index in [0.29, 0.717) is 30.9 Å². The molecule has 0 heterocycles. The van der Waals surface area contributed by atoms with Gasteiger partial charge in [-0.05, 0) is 73.7 Å². The van der Waals surface area contributed by atoms with Crippen LogP contribution in [0.4, 0.5) is 11.4 Å². The summed E-state index contributed by atoms with van der Waals surface area (Å²) in [6.45, 7) is 6.61. The Morgan fingerprint density at radius 2 is 1.24 bits per heavy atom. The van der Waals surface area contributed by atoms with Gasteiger partial charge in [-0.3, -0.25) is 10.1 Å². The Hall–Kier alpha value is -7.23. The number of para-hydroxylation sites is 1. The summed E-state index contributed by atoms with van der Waals surface area (Å²) in [6.07, 6.45) is 10.4. The zero-order valence-electron chi connectivity index (χ0n) is 35.3. The second kappa shape index (κ2) is 27.6. The lowest BCUT2D eigenvalue weighted by Gasteiger charge is -2.12. The predicted molar refractivity (Wildman–Crippen MR) is 234 cm³/mol. The zero-order valence-corrected chi connectivity index (χ0v) is 35.3. The molecule has 0 fully saturated rings. The topological polar surface area (TPSA) is 241 Å². The standard InChI is InChI=1S/C33H36N2O11.C14H18O3/c1-2-3-4-5-6-7-15-44-29-20-27(34)25(19-28(29)35(42)43)21-9-11-22(12-10-21)32(40)45-16-8-17-46-33(41)26-18-23(30(36)37)13-14-24(26)31(38)39;1-2-14(15)17-12-8-4-7-11-16-13-9-5-3-6-10-13/h9-14,18-20H,2-8,15-17,34H2,1H3,(H,36,37)(H,38,39);2-3,5-6,9-10H,1,4,7-8,11-12H2. The van der Waals surface area contributed by atoms with Gasteiger partial charge in [0, 0.05) is 35.9 Å². The van der Waals surface area contributed by atoms with Crippen LogP contribution in [0.15, 0.2) is 97.6 Å². The molecule has 0 saturated carbocycles. The summed E-state index contributed by atoms with van der Waals surface area (Å²) in [5.41, 5.74) is 6.33. The van der Waals surface area contributed by atoms with E-state index in [1.54, 1.807) is 12.1 Å². The van der Waals surface area contributed by atoms with E-state index in [1.807, 2.05) is 30.3 Å². The van der Waals surface area contributed by atoms with Crippen molar-refractivity contribution in [3.63, 3.8) is 0 Å². The SMILES string of the molecule is C=CC(=O)OCCCCCOc1ccccc1.CCCCCCCCOc1cc(N)c(-c2ccc(C(=O)OCCCOC(=O)c3cc(C(=O)O)ccc3C(=O)O)cc2)cc1[N+](=O)[O-]. The van der Waals surface area contributed by atoms with E-state index in [9.17, 15) is 39.2 Å². The van der Waals surface area contributed by atoms with Gasteiger partial charge in [-0.25, -0.2) is 24.0 Å². The normalized spacial score (nSPS) is 10.4. The molecule has 0 radical (unpaired) electrons. The van der Waals surface area contributed by atoms with Gasteiger partial charge >= 0.3 is 35.5 Å². The summed E-state index contributed by atoms with van der Waals surface area (Å²) < 4.78 is 26.3. The molecular weight excluding hydrogens is 817 g/mol. The van der Waals surface area contributed by atoms with E-state index >= 15 is 0 Å². The average molecular weight is 871 g/mol. The Bertz CT molecular complexity index is 2140. The number of carboxylic acid groups (broad SMARTS) is 2. The van der Waals surface area contributed by atoms with Crippen LogP contribution in [-0.2, 0) is 19.0 Å². The van der Waals surface area contributed by atoms with E-state index < -0.39 is 39.9 Å². The van der Waals surface area contributed by atoms with Gasteiger partial charge in [0.1, 0.15) is 5.75 Å². The molecular formula is C47H54N2O14. The number of nitro benzene ring substituents is 1. The number of benzene rings is 4. The Morgan fingerprint density at radius 3 is 1.87 bits per heavy atom. The molecule has 4 N–H and O–H groups in total. The number of anilines is 1. The molecule has 0 aliphatic rings. The number of nitrogens with two attached hydrogens (primary N) is 1. The molecule has 16 heteroatoms. The van der Waals surface area contributed by atoms with Crippen molar-refractivity contribution in [2.24, 2.45) is 0 Å². The average Bonchev–Trinajstić information content (AvgIpc) is 3.28. The van der Waals surface area contributed by atoms with Gasteiger partial charge in [-0.15, -0.1) is 0 Å². The maximum Gasteiger partial charge on any atom is 0.339 e. The summed E-state index contributed by atoms with van der Waals surface area (Å²) in [5.74, 6) is -3.82. The molecule has 0 unspecified atom stereocenters. The number of hydrogen-bond donors (Lipinski definition) is 3. The number of nitro groups is 1. The van der Waals surface area contributed by atoms with Gasteiger partial charge in [0.2, 0.25) is 0 Å². The first-order chi connectivity index (χ1) is 30.4. The molecule has 4 aromatic rings. The molecule has 4 aromatic carbocycles. The quantitative estimate of drug-likeness (QED) is 0.0101. The first kappa shape index (κ1) is 50.1. The fourth-order valence-corrected chi connectivity index (χ4v) is 5.84. The number of esters is 3. The molecule has 0 aliphatic heterocycles. The second-order valence-electron chi connectivity index (χ2n) is 13.9. The molecule has 0 aliphatic carbocycles. The third-order valence-corrected chi connectivity index (χ3v) is 9.20. The third-order valence-electron chi connectivity index (χ3n) is 9.20. The van der Waals surface area contributed by atoms with Crippen molar-refractivity contribution in [1.29, 1.82) is 0 Å². The van der Waals surface area contributed by atoms with E-state index in [0.717, 1.165) is 75.3 Å². The maximum absolute atomic E-state index is 12.5. The Labute approximate surface area is 365 Å². The molecule has 4 rings (SSSR count). The number of hydrogen-bond acceptors (Lipinski definition) is 13. The molecule has 336 valence electrons. The van der Waals surface area contributed by atoms with Crippen molar-refractivity contribution in [3.05, 3.63) is 130 Å². The first-order valence-corrected chi connectivity index (χ1v) is 20.6. The summed E-state index contributed by atoms with van der Waals surface area (Å²) in [4.78, 5) is 69.4. The van der Waals surface area contributed by atoms with Crippen molar-refractivity contribution < 1.29 is 62.8 Å². The number of ether oxygens (including phenoxy) is 5. The number of carboxylic acids is 2. The van der Waals surface area contributed by atoms with Gasteiger partial charge in [0.15, 0.2) is 5.75 Å². The molecule has 63 heavy (non-hydrogen) atoms. The molecule has 0 amide bonds. The van der Waals surface area contributed by atoms with Crippen LogP contribution >= 0.6 is 0 Å². The lowest BCUT2D eigenvalue weighted by atomic mass is 10.0. The van der Waals surface area contributed by atoms with Gasteiger partial charge in [0.05, 0.1) is 60.2 Å². The number of nitrogens with zero attached hydrogens (tertiary/aromatic N) is 1. The Kier molecular flexibility index (Phi) is 21.9. The Balaban J connectivity index is 0.000000519. The summed E-state index contributed by atoms with van der Waals surface area (Å²) in [5, 5.41) is 30.1. The number of rotatable bonds is 26. The second-order valence-corrected chi connectivity index (χ2v) is 13.9.